The maximum absolute atomic E-state index is 11.8. The minimum absolute atomic E-state index is 0.0764. The van der Waals surface area contributed by atoms with Crippen LogP contribution in [0.4, 0.5) is 5.69 Å². The predicted molar refractivity (Wildman–Crippen MR) is 87.5 cm³/mol. The lowest BCUT2D eigenvalue weighted by Gasteiger charge is -2.07. The molecule has 1 amide bonds. The van der Waals surface area contributed by atoms with Crippen molar-refractivity contribution in [3.63, 3.8) is 0 Å². The van der Waals surface area contributed by atoms with Gasteiger partial charge in [0.2, 0.25) is 5.91 Å². The van der Waals surface area contributed by atoms with Crippen LogP contribution >= 0.6 is 22.9 Å². The number of amides is 1. The Kier molecular flexibility index (Phi) is 6.04. The van der Waals surface area contributed by atoms with Gasteiger partial charge in [-0.05, 0) is 30.7 Å². The third-order valence-corrected chi connectivity index (χ3v) is 4.11. The Morgan fingerprint density at radius 3 is 2.90 bits per heavy atom. The number of halogens is 1. The van der Waals surface area contributed by atoms with Gasteiger partial charge in [-0.3, -0.25) is 4.79 Å². The molecule has 2 N–H and O–H groups in total. The molecule has 1 aromatic carbocycles. The van der Waals surface area contributed by atoms with E-state index in [0.717, 1.165) is 28.7 Å². The molecule has 2 aromatic rings. The van der Waals surface area contributed by atoms with Crippen molar-refractivity contribution >= 4 is 34.5 Å². The van der Waals surface area contributed by atoms with Crippen molar-refractivity contribution in [1.29, 1.82) is 0 Å². The average molecular weight is 325 g/mol. The molecule has 0 aliphatic carbocycles. The molecule has 0 unspecified atom stereocenters. The van der Waals surface area contributed by atoms with E-state index in [-0.39, 0.29) is 12.5 Å². The summed E-state index contributed by atoms with van der Waals surface area (Å²) in [5.74, 6) is 0.641. The number of benzene rings is 1. The summed E-state index contributed by atoms with van der Waals surface area (Å²) in [4.78, 5) is 13.0. The molecule has 112 valence electrons. The highest BCUT2D eigenvalue weighted by molar-refractivity contribution is 7.16. The highest BCUT2D eigenvalue weighted by atomic mass is 35.5. The zero-order chi connectivity index (χ0) is 15.1. The first kappa shape index (κ1) is 15.8. The molecule has 21 heavy (non-hydrogen) atoms. The first-order chi connectivity index (χ1) is 10.2. The molecule has 0 spiro atoms. The summed E-state index contributed by atoms with van der Waals surface area (Å²) < 4.78 is 5.90. The van der Waals surface area contributed by atoms with Gasteiger partial charge in [-0.2, -0.15) is 0 Å². The molecule has 4 nitrogen and oxygen atoms in total. The largest absolute Gasteiger partial charge is 0.497 e. The molecule has 6 heteroatoms. The highest BCUT2D eigenvalue weighted by Crippen LogP contribution is 2.21. The Bertz CT molecular complexity index is 601. The van der Waals surface area contributed by atoms with Crippen molar-refractivity contribution in [2.45, 2.75) is 6.42 Å². The number of hydrogen-bond acceptors (Lipinski definition) is 4. The van der Waals surface area contributed by atoms with Gasteiger partial charge in [0, 0.05) is 23.2 Å². The van der Waals surface area contributed by atoms with Gasteiger partial charge in [0.1, 0.15) is 5.75 Å². The highest BCUT2D eigenvalue weighted by Gasteiger charge is 2.03. The monoisotopic (exact) mass is 324 g/mol. The molecule has 0 atom stereocenters. The van der Waals surface area contributed by atoms with Crippen molar-refractivity contribution in [2.24, 2.45) is 0 Å². The van der Waals surface area contributed by atoms with Crippen molar-refractivity contribution in [3.05, 3.63) is 45.6 Å². The van der Waals surface area contributed by atoms with E-state index in [4.69, 9.17) is 16.3 Å². The fourth-order valence-electron chi connectivity index (χ4n) is 1.81. The second-order valence-corrected chi connectivity index (χ2v) is 6.21. The van der Waals surface area contributed by atoms with Crippen LogP contribution < -0.4 is 15.4 Å². The number of rotatable bonds is 7. The Morgan fingerprint density at radius 1 is 1.33 bits per heavy atom. The molecule has 2 rings (SSSR count). The van der Waals surface area contributed by atoms with E-state index in [2.05, 4.69) is 10.6 Å². The van der Waals surface area contributed by atoms with Crippen molar-refractivity contribution in [2.75, 3.05) is 25.5 Å². The Hall–Kier alpha value is -1.56. The van der Waals surface area contributed by atoms with Crippen LogP contribution in [0.1, 0.15) is 4.88 Å². The number of hydrogen-bond donors (Lipinski definition) is 2. The number of ether oxygens (including phenoxy) is 1. The first-order valence-corrected chi connectivity index (χ1v) is 7.75. The van der Waals surface area contributed by atoms with Crippen LogP contribution in [0, 0.1) is 0 Å². The normalized spacial score (nSPS) is 10.4. The van der Waals surface area contributed by atoms with Crippen LogP contribution in [0.15, 0.2) is 36.4 Å². The molecular formula is C15H17ClN2O2S. The fraction of sp³-hybridized carbons (Fsp3) is 0.267. The summed E-state index contributed by atoms with van der Waals surface area (Å²) in [7, 11) is 1.60. The minimum Gasteiger partial charge on any atom is -0.497 e. The van der Waals surface area contributed by atoms with Gasteiger partial charge in [-0.25, -0.2) is 0 Å². The minimum atomic E-state index is -0.0764. The van der Waals surface area contributed by atoms with Gasteiger partial charge >= 0.3 is 0 Å². The van der Waals surface area contributed by atoms with Crippen LogP contribution in [0.2, 0.25) is 4.34 Å². The Morgan fingerprint density at radius 2 is 2.19 bits per heavy atom. The fourth-order valence-corrected chi connectivity index (χ4v) is 2.89. The lowest BCUT2D eigenvalue weighted by molar-refractivity contribution is -0.115. The molecule has 1 heterocycles. The number of methoxy groups -OCH3 is 1. The quantitative estimate of drug-likeness (QED) is 0.769. The van der Waals surface area contributed by atoms with Gasteiger partial charge < -0.3 is 15.4 Å². The molecule has 0 saturated heterocycles. The van der Waals surface area contributed by atoms with Gasteiger partial charge in [0.25, 0.3) is 0 Å². The topological polar surface area (TPSA) is 50.4 Å². The number of nitrogens with one attached hydrogen (secondary N) is 2. The zero-order valence-corrected chi connectivity index (χ0v) is 13.3. The van der Waals surface area contributed by atoms with E-state index >= 15 is 0 Å². The number of carbonyl (C=O) groups excluding carboxylic acids is 1. The third kappa shape index (κ3) is 5.38. The van der Waals surface area contributed by atoms with E-state index in [0.29, 0.717) is 0 Å². The standard InChI is InChI=1S/C15H17ClN2O2S/c1-20-12-4-2-3-11(9-12)18-15(19)10-17-8-7-13-5-6-14(16)21-13/h2-6,9,17H,7-8,10H2,1H3,(H,18,19). The van der Waals surface area contributed by atoms with Crippen LogP contribution in [0.3, 0.4) is 0 Å². The SMILES string of the molecule is COc1cccc(NC(=O)CNCCc2ccc(Cl)s2)c1. The molecule has 0 aliphatic rings. The van der Waals surface area contributed by atoms with E-state index in [1.807, 2.05) is 30.3 Å². The van der Waals surface area contributed by atoms with Crippen LogP contribution in [0.25, 0.3) is 0 Å². The van der Waals surface area contributed by atoms with Crippen LogP contribution in [0.5, 0.6) is 5.75 Å². The van der Waals surface area contributed by atoms with Crippen molar-refractivity contribution in [3.8, 4) is 5.75 Å². The van der Waals surface area contributed by atoms with Gasteiger partial charge in [0.05, 0.1) is 18.0 Å². The van der Waals surface area contributed by atoms with Gasteiger partial charge in [-0.1, -0.05) is 17.7 Å². The summed E-state index contributed by atoms with van der Waals surface area (Å²) in [6.45, 7) is 1.01. The van der Waals surface area contributed by atoms with Crippen molar-refractivity contribution in [1.82, 2.24) is 5.32 Å². The second kappa shape index (κ2) is 8.02. The summed E-state index contributed by atoms with van der Waals surface area (Å²) >= 11 is 7.43. The first-order valence-electron chi connectivity index (χ1n) is 6.56. The molecule has 0 aliphatic heterocycles. The maximum Gasteiger partial charge on any atom is 0.238 e. The molecular weight excluding hydrogens is 308 g/mol. The molecule has 1 aromatic heterocycles. The number of thiophene rings is 1. The Labute approximate surface area is 133 Å². The van der Waals surface area contributed by atoms with E-state index in [1.54, 1.807) is 24.5 Å². The smallest absolute Gasteiger partial charge is 0.238 e. The van der Waals surface area contributed by atoms with E-state index in [1.165, 1.54) is 4.88 Å². The summed E-state index contributed by atoms with van der Waals surface area (Å²) in [6, 6.07) is 11.2. The molecule has 0 radical (unpaired) electrons. The second-order valence-electron chi connectivity index (χ2n) is 4.41. The third-order valence-electron chi connectivity index (χ3n) is 2.82. The number of carbonyl (C=O) groups is 1. The lowest BCUT2D eigenvalue weighted by atomic mass is 10.3. The number of anilines is 1. The van der Waals surface area contributed by atoms with Gasteiger partial charge in [0.15, 0.2) is 0 Å². The van der Waals surface area contributed by atoms with E-state index < -0.39 is 0 Å². The van der Waals surface area contributed by atoms with Crippen LogP contribution in [-0.4, -0.2) is 26.1 Å². The zero-order valence-electron chi connectivity index (χ0n) is 11.7. The maximum atomic E-state index is 11.8. The Balaban J connectivity index is 1.69. The molecule has 0 fully saturated rings. The summed E-state index contributed by atoms with van der Waals surface area (Å²) in [6.07, 6.45) is 0.865. The average Bonchev–Trinajstić information content (AvgIpc) is 2.89. The van der Waals surface area contributed by atoms with Crippen molar-refractivity contribution < 1.29 is 9.53 Å². The predicted octanol–water partition coefficient (Wildman–Crippen LogP) is 3.18. The molecule has 0 bridgehead atoms. The summed E-state index contributed by atoms with van der Waals surface area (Å²) in [5.41, 5.74) is 0.728. The van der Waals surface area contributed by atoms with Gasteiger partial charge in [-0.15, -0.1) is 11.3 Å². The molecule has 0 saturated carbocycles. The van der Waals surface area contributed by atoms with E-state index in [9.17, 15) is 4.79 Å². The van der Waals surface area contributed by atoms with Crippen LogP contribution in [-0.2, 0) is 11.2 Å². The lowest BCUT2D eigenvalue weighted by Crippen LogP contribution is -2.29. The summed E-state index contributed by atoms with van der Waals surface area (Å²) in [5, 5.41) is 5.93.